The lowest BCUT2D eigenvalue weighted by Gasteiger charge is -2.08. The van der Waals surface area contributed by atoms with Gasteiger partial charge in [-0.25, -0.2) is 12.4 Å². The van der Waals surface area contributed by atoms with Gasteiger partial charge in [-0.15, -0.1) is 0 Å². The van der Waals surface area contributed by atoms with Crippen LogP contribution in [0, 0.1) is 0 Å². The number of benzene rings is 2. The Balaban J connectivity index is 2.31. The Labute approximate surface area is 116 Å². The maximum atomic E-state index is 12.6. The van der Waals surface area contributed by atoms with Crippen molar-refractivity contribution in [1.82, 2.24) is 3.97 Å². The van der Waals surface area contributed by atoms with Gasteiger partial charge in [0.1, 0.15) is 0 Å². The highest BCUT2D eigenvalue weighted by molar-refractivity contribution is 7.90. The van der Waals surface area contributed by atoms with Gasteiger partial charge in [0.2, 0.25) is 0 Å². The zero-order valence-electron chi connectivity index (χ0n) is 9.82. The minimum atomic E-state index is -3.61. The molecule has 1 aromatic heterocycles. The summed E-state index contributed by atoms with van der Waals surface area (Å²) in [4.78, 5) is 0.243. The van der Waals surface area contributed by atoms with Gasteiger partial charge in [0.15, 0.2) is 0 Å². The molecule has 0 atom stereocenters. The first kappa shape index (κ1) is 12.3. The molecule has 0 amide bonds. The summed E-state index contributed by atoms with van der Waals surface area (Å²) >= 11 is 6.11. The van der Waals surface area contributed by atoms with Crippen LogP contribution in [0.5, 0.6) is 0 Å². The standard InChI is InChI=1S/C14H10ClNO2S/c15-13-8-4-5-11-9-10-16(14(11)13)19(17,18)12-6-2-1-3-7-12/h1-10H. The van der Waals surface area contributed by atoms with Crippen molar-refractivity contribution in [3.8, 4) is 0 Å². The first-order chi connectivity index (χ1) is 9.10. The normalized spacial score (nSPS) is 11.8. The number of para-hydroxylation sites is 1. The van der Waals surface area contributed by atoms with Crippen LogP contribution in [0.15, 0.2) is 65.7 Å². The summed E-state index contributed by atoms with van der Waals surface area (Å²) in [6, 6.07) is 15.3. The summed E-state index contributed by atoms with van der Waals surface area (Å²) in [6.07, 6.45) is 1.53. The Kier molecular flexibility index (Phi) is 2.84. The minimum Gasteiger partial charge on any atom is -0.240 e. The molecule has 0 fully saturated rings. The van der Waals surface area contributed by atoms with Crippen molar-refractivity contribution in [2.24, 2.45) is 0 Å². The molecule has 2 aromatic carbocycles. The van der Waals surface area contributed by atoms with Crippen LogP contribution in [0.4, 0.5) is 0 Å². The minimum absolute atomic E-state index is 0.243. The third kappa shape index (κ3) is 1.93. The maximum absolute atomic E-state index is 12.6. The molecule has 3 rings (SSSR count). The molecule has 19 heavy (non-hydrogen) atoms. The third-order valence-corrected chi connectivity index (χ3v) is 4.92. The Morgan fingerprint density at radius 3 is 2.37 bits per heavy atom. The fourth-order valence-corrected chi connectivity index (χ4v) is 3.74. The van der Waals surface area contributed by atoms with Crippen LogP contribution in [0.1, 0.15) is 0 Å². The molecule has 3 nitrogen and oxygen atoms in total. The number of hydrogen-bond acceptors (Lipinski definition) is 2. The number of aromatic nitrogens is 1. The second kappa shape index (κ2) is 4.40. The molecule has 0 aliphatic heterocycles. The van der Waals surface area contributed by atoms with Gasteiger partial charge in [0.25, 0.3) is 10.0 Å². The molecule has 1 heterocycles. The van der Waals surface area contributed by atoms with Crippen molar-refractivity contribution in [1.29, 1.82) is 0 Å². The van der Waals surface area contributed by atoms with Gasteiger partial charge in [0, 0.05) is 11.6 Å². The summed E-state index contributed by atoms with van der Waals surface area (Å²) in [5, 5.41) is 1.22. The summed E-state index contributed by atoms with van der Waals surface area (Å²) in [7, 11) is -3.61. The van der Waals surface area contributed by atoms with Crippen molar-refractivity contribution in [3.05, 3.63) is 65.8 Å². The Morgan fingerprint density at radius 2 is 1.63 bits per heavy atom. The van der Waals surface area contributed by atoms with Crippen LogP contribution < -0.4 is 0 Å². The molecular weight excluding hydrogens is 282 g/mol. The lowest BCUT2D eigenvalue weighted by atomic mass is 10.2. The smallest absolute Gasteiger partial charge is 0.240 e. The molecule has 0 bridgehead atoms. The van der Waals surface area contributed by atoms with Crippen molar-refractivity contribution >= 4 is 32.5 Å². The summed E-state index contributed by atoms with van der Waals surface area (Å²) in [5.74, 6) is 0. The van der Waals surface area contributed by atoms with E-state index in [4.69, 9.17) is 11.6 Å². The Bertz CT molecular complexity index is 838. The number of halogens is 1. The van der Waals surface area contributed by atoms with Crippen LogP contribution >= 0.6 is 11.6 Å². The molecule has 0 aliphatic rings. The number of hydrogen-bond donors (Lipinski definition) is 0. The predicted molar refractivity (Wildman–Crippen MR) is 76.0 cm³/mol. The average Bonchev–Trinajstić information content (AvgIpc) is 2.86. The zero-order chi connectivity index (χ0) is 13.5. The van der Waals surface area contributed by atoms with E-state index in [0.717, 1.165) is 5.39 Å². The number of rotatable bonds is 2. The van der Waals surface area contributed by atoms with Crippen LogP contribution in [0.2, 0.25) is 5.02 Å². The van der Waals surface area contributed by atoms with E-state index in [1.54, 1.807) is 48.5 Å². The van der Waals surface area contributed by atoms with Gasteiger partial charge in [-0.2, -0.15) is 0 Å². The SMILES string of the molecule is O=S(=O)(c1ccccc1)n1ccc2cccc(Cl)c21. The average molecular weight is 292 g/mol. The molecule has 96 valence electrons. The van der Waals surface area contributed by atoms with E-state index in [1.165, 1.54) is 10.2 Å². The van der Waals surface area contributed by atoms with Crippen LogP contribution in [0.25, 0.3) is 10.9 Å². The summed E-state index contributed by atoms with van der Waals surface area (Å²) in [6.45, 7) is 0. The van der Waals surface area contributed by atoms with Crippen molar-refractivity contribution in [3.63, 3.8) is 0 Å². The fourth-order valence-electron chi connectivity index (χ4n) is 2.03. The maximum Gasteiger partial charge on any atom is 0.268 e. The highest BCUT2D eigenvalue weighted by Gasteiger charge is 2.19. The highest BCUT2D eigenvalue weighted by Crippen LogP contribution is 2.27. The van der Waals surface area contributed by atoms with Gasteiger partial charge in [-0.05, 0) is 24.3 Å². The van der Waals surface area contributed by atoms with Crippen LogP contribution in [0.3, 0.4) is 0 Å². The summed E-state index contributed by atoms with van der Waals surface area (Å²) < 4.78 is 26.4. The van der Waals surface area contributed by atoms with E-state index in [0.29, 0.717) is 10.5 Å². The zero-order valence-corrected chi connectivity index (χ0v) is 11.4. The molecule has 3 aromatic rings. The lowest BCUT2D eigenvalue weighted by molar-refractivity contribution is 0.589. The molecule has 0 unspecified atom stereocenters. The predicted octanol–water partition coefficient (Wildman–Crippen LogP) is 3.53. The molecule has 0 spiro atoms. The number of fused-ring (bicyclic) bond motifs is 1. The van der Waals surface area contributed by atoms with E-state index in [9.17, 15) is 8.42 Å². The number of nitrogens with zero attached hydrogens (tertiary/aromatic N) is 1. The first-order valence-electron chi connectivity index (χ1n) is 5.67. The van der Waals surface area contributed by atoms with Gasteiger partial charge in [-0.3, -0.25) is 0 Å². The van der Waals surface area contributed by atoms with Gasteiger partial charge in [-0.1, -0.05) is 41.9 Å². The largest absolute Gasteiger partial charge is 0.268 e. The van der Waals surface area contributed by atoms with Crippen LogP contribution in [-0.4, -0.2) is 12.4 Å². The van der Waals surface area contributed by atoms with E-state index in [-0.39, 0.29) is 4.90 Å². The van der Waals surface area contributed by atoms with Crippen molar-refractivity contribution in [2.75, 3.05) is 0 Å². The molecule has 0 saturated heterocycles. The Morgan fingerprint density at radius 1 is 0.895 bits per heavy atom. The quantitative estimate of drug-likeness (QED) is 0.724. The van der Waals surface area contributed by atoms with E-state index < -0.39 is 10.0 Å². The lowest BCUT2D eigenvalue weighted by Crippen LogP contribution is -2.11. The molecule has 0 saturated carbocycles. The molecule has 0 N–H and O–H groups in total. The second-order valence-corrected chi connectivity index (χ2v) is 6.33. The summed E-state index contributed by atoms with van der Waals surface area (Å²) in [5.41, 5.74) is 0.507. The monoisotopic (exact) mass is 291 g/mol. The van der Waals surface area contributed by atoms with E-state index >= 15 is 0 Å². The van der Waals surface area contributed by atoms with Crippen LogP contribution in [-0.2, 0) is 10.0 Å². The molecule has 0 radical (unpaired) electrons. The molecule has 5 heteroatoms. The van der Waals surface area contributed by atoms with E-state index in [2.05, 4.69) is 0 Å². The third-order valence-electron chi connectivity index (χ3n) is 2.93. The second-order valence-electron chi connectivity index (χ2n) is 4.11. The van der Waals surface area contributed by atoms with Gasteiger partial charge >= 0.3 is 0 Å². The first-order valence-corrected chi connectivity index (χ1v) is 7.49. The fraction of sp³-hybridized carbons (Fsp3) is 0. The molecule has 0 aliphatic carbocycles. The van der Waals surface area contributed by atoms with Crippen molar-refractivity contribution in [2.45, 2.75) is 4.90 Å². The highest BCUT2D eigenvalue weighted by atomic mass is 35.5. The Hall–Kier alpha value is -1.78. The van der Waals surface area contributed by atoms with Gasteiger partial charge < -0.3 is 0 Å². The van der Waals surface area contributed by atoms with Gasteiger partial charge in [0.05, 0.1) is 15.4 Å². The molecular formula is C14H10ClNO2S. The van der Waals surface area contributed by atoms with Crippen molar-refractivity contribution < 1.29 is 8.42 Å². The van der Waals surface area contributed by atoms with E-state index in [1.807, 2.05) is 6.07 Å². The topological polar surface area (TPSA) is 39.1 Å².